The van der Waals surface area contributed by atoms with Crippen LogP contribution in [0.2, 0.25) is 0 Å². The molecular formula is C21H28O3. The van der Waals surface area contributed by atoms with E-state index < -0.39 is 6.29 Å². The highest BCUT2D eigenvalue weighted by molar-refractivity contribution is 5.53. The van der Waals surface area contributed by atoms with E-state index in [-0.39, 0.29) is 11.3 Å². The van der Waals surface area contributed by atoms with Crippen molar-refractivity contribution in [2.45, 2.75) is 57.7 Å². The molecule has 1 fully saturated rings. The number of hydrogen-bond donors (Lipinski definition) is 1. The molecule has 1 aromatic carbocycles. The van der Waals surface area contributed by atoms with Gasteiger partial charge in [0.15, 0.2) is 6.29 Å². The largest absolute Gasteiger partial charge is 0.496 e. The van der Waals surface area contributed by atoms with Crippen LogP contribution >= 0.6 is 0 Å². The summed E-state index contributed by atoms with van der Waals surface area (Å²) in [6.07, 6.45) is 4.81. The quantitative estimate of drug-likeness (QED) is 0.836. The van der Waals surface area contributed by atoms with E-state index in [1.165, 1.54) is 22.3 Å². The van der Waals surface area contributed by atoms with Crippen LogP contribution in [0.15, 0.2) is 23.8 Å². The summed E-state index contributed by atoms with van der Waals surface area (Å²) < 4.78 is 11.4. The topological polar surface area (TPSA) is 38.7 Å². The number of aliphatic hydroxyl groups is 1. The Kier molecular flexibility index (Phi) is 3.77. The van der Waals surface area contributed by atoms with Gasteiger partial charge in [-0.1, -0.05) is 39.0 Å². The van der Waals surface area contributed by atoms with Crippen molar-refractivity contribution in [3.05, 3.63) is 40.5 Å². The molecule has 130 valence electrons. The first kappa shape index (κ1) is 16.2. The van der Waals surface area contributed by atoms with Gasteiger partial charge in [0, 0.05) is 5.92 Å². The molecule has 0 aromatic heterocycles. The van der Waals surface area contributed by atoms with Gasteiger partial charge >= 0.3 is 0 Å². The maximum atomic E-state index is 10.4. The Balaban J connectivity index is 1.84. The summed E-state index contributed by atoms with van der Waals surface area (Å²) in [5.74, 6) is 2.14. The summed E-state index contributed by atoms with van der Waals surface area (Å²) in [7, 11) is 1.79. The van der Waals surface area contributed by atoms with Crippen molar-refractivity contribution < 1.29 is 14.6 Å². The summed E-state index contributed by atoms with van der Waals surface area (Å²) in [6, 6.07) is 4.57. The van der Waals surface area contributed by atoms with Crippen LogP contribution in [0.1, 0.15) is 56.2 Å². The zero-order chi connectivity index (χ0) is 17.1. The molecule has 0 spiro atoms. The van der Waals surface area contributed by atoms with Crippen molar-refractivity contribution in [2.75, 3.05) is 13.7 Å². The first-order chi connectivity index (χ1) is 11.5. The Bertz CT molecular complexity index is 691. The molecule has 24 heavy (non-hydrogen) atoms. The second-order valence-corrected chi connectivity index (χ2v) is 8.14. The molecule has 1 heterocycles. The van der Waals surface area contributed by atoms with Gasteiger partial charge in [-0.3, -0.25) is 0 Å². The maximum Gasteiger partial charge on any atom is 0.161 e. The minimum atomic E-state index is -0.640. The van der Waals surface area contributed by atoms with E-state index in [2.05, 4.69) is 39.0 Å². The third kappa shape index (κ3) is 2.11. The van der Waals surface area contributed by atoms with Crippen LogP contribution in [-0.4, -0.2) is 25.1 Å². The second kappa shape index (κ2) is 5.60. The van der Waals surface area contributed by atoms with Gasteiger partial charge in [0.1, 0.15) is 5.75 Å². The minimum absolute atomic E-state index is 0.0548. The normalized spacial score (nSPS) is 34.4. The van der Waals surface area contributed by atoms with Gasteiger partial charge < -0.3 is 14.6 Å². The molecular weight excluding hydrogens is 300 g/mol. The van der Waals surface area contributed by atoms with Crippen LogP contribution in [0.3, 0.4) is 0 Å². The molecule has 1 unspecified atom stereocenters. The molecule has 2 aliphatic carbocycles. The monoisotopic (exact) mass is 328 g/mol. The van der Waals surface area contributed by atoms with Crippen molar-refractivity contribution in [1.82, 2.24) is 0 Å². The van der Waals surface area contributed by atoms with E-state index >= 15 is 0 Å². The molecule has 1 N–H and O–H groups in total. The van der Waals surface area contributed by atoms with Gasteiger partial charge in [0.25, 0.3) is 0 Å². The molecule has 1 saturated heterocycles. The van der Waals surface area contributed by atoms with Crippen molar-refractivity contribution in [3.8, 4) is 5.75 Å². The Hall–Kier alpha value is -1.32. The molecule has 0 bridgehead atoms. The molecule has 3 heteroatoms. The van der Waals surface area contributed by atoms with Gasteiger partial charge in [-0.15, -0.1) is 0 Å². The van der Waals surface area contributed by atoms with Crippen LogP contribution < -0.4 is 4.74 Å². The van der Waals surface area contributed by atoms with Crippen molar-refractivity contribution in [3.63, 3.8) is 0 Å². The lowest BCUT2D eigenvalue weighted by atomic mass is 9.55. The van der Waals surface area contributed by atoms with E-state index in [9.17, 15) is 5.11 Å². The van der Waals surface area contributed by atoms with Gasteiger partial charge in [-0.25, -0.2) is 0 Å². The van der Waals surface area contributed by atoms with Crippen LogP contribution in [0.5, 0.6) is 5.75 Å². The molecule has 4 rings (SSSR count). The fourth-order valence-electron chi connectivity index (χ4n) is 5.34. The zero-order valence-electron chi connectivity index (χ0n) is 15.1. The second-order valence-electron chi connectivity index (χ2n) is 8.14. The fraction of sp³-hybridized carbons (Fsp3) is 0.619. The molecule has 1 aromatic rings. The molecule has 3 nitrogen and oxygen atoms in total. The number of fused-ring (bicyclic) bond motifs is 5. The molecule has 0 radical (unpaired) electrons. The average molecular weight is 328 g/mol. The average Bonchev–Trinajstić information content (AvgIpc) is 2.94. The third-order valence-corrected chi connectivity index (χ3v) is 6.63. The Morgan fingerprint density at radius 2 is 2.12 bits per heavy atom. The van der Waals surface area contributed by atoms with E-state index in [0.29, 0.717) is 18.4 Å². The van der Waals surface area contributed by atoms with Crippen molar-refractivity contribution in [2.24, 2.45) is 11.8 Å². The first-order valence-electron chi connectivity index (χ1n) is 9.16. The predicted molar refractivity (Wildman–Crippen MR) is 94.4 cm³/mol. The summed E-state index contributed by atoms with van der Waals surface area (Å²) in [4.78, 5) is 0. The highest BCUT2D eigenvalue weighted by Gasteiger charge is 2.51. The lowest BCUT2D eigenvalue weighted by Gasteiger charge is -2.49. The SMILES string of the molecule is COc1c(C(C)C)ccc2c1CC[C@H]1[C@@H]3C(=CC[C@]21C)COC3O. The Labute approximate surface area is 144 Å². The number of allylic oxidation sites excluding steroid dienone is 1. The summed E-state index contributed by atoms with van der Waals surface area (Å²) in [6.45, 7) is 7.40. The number of aliphatic hydroxyl groups excluding tert-OH is 1. The highest BCUT2D eigenvalue weighted by atomic mass is 16.6. The molecule has 0 amide bonds. The lowest BCUT2D eigenvalue weighted by molar-refractivity contribution is -0.101. The first-order valence-corrected chi connectivity index (χ1v) is 9.16. The van der Waals surface area contributed by atoms with Crippen LogP contribution in [0, 0.1) is 11.8 Å². The fourth-order valence-corrected chi connectivity index (χ4v) is 5.34. The number of methoxy groups -OCH3 is 1. The predicted octanol–water partition coefficient (Wildman–Crippen LogP) is 3.93. The molecule has 0 saturated carbocycles. The molecule has 3 aliphatic rings. The van der Waals surface area contributed by atoms with E-state index in [0.717, 1.165) is 25.0 Å². The van der Waals surface area contributed by atoms with Gasteiger partial charge in [-0.2, -0.15) is 0 Å². The van der Waals surface area contributed by atoms with Crippen LogP contribution in [-0.2, 0) is 16.6 Å². The molecule has 4 atom stereocenters. The van der Waals surface area contributed by atoms with Gasteiger partial charge in [-0.05, 0) is 58.8 Å². The number of hydrogen-bond acceptors (Lipinski definition) is 3. The van der Waals surface area contributed by atoms with Crippen LogP contribution in [0.4, 0.5) is 0 Å². The van der Waals surface area contributed by atoms with Gasteiger partial charge in [0.2, 0.25) is 0 Å². The highest BCUT2D eigenvalue weighted by Crippen LogP contribution is 2.56. The Morgan fingerprint density at radius 3 is 2.83 bits per heavy atom. The van der Waals surface area contributed by atoms with E-state index in [1.807, 2.05) is 0 Å². The smallest absolute Gasteiger partial charge is 0.161 e. The van der Waals surface area contributed by atoms with Crippen molar-refractivity contribution in [1.29, 1.82) is 0 Å². The maximum absolute atomic E-state index is 10.4. The van der Waals surface area contributed by atoms with Crippen molar-refractivity contribution >= 4 is 0 Å². The minimum Gasteiger partial charge on any atom is -0.496 e. The van der Waals surface area contributed by atoms with Gasteiger partial charge in [0.05, 0.1) is 13.7 Å². The lowest BCUT2D eigenvalue weighted by Crippen LogP contribution is -2.45. The third-order valence-electron chi connectivity index (χ3n) is 6.63. The molecule has 1 aliphatic heterocycles. The standard InChI is InChI=1S/C21H28O3/c1-12(2)14-5-7-16-15(19(14)23-4)6-8-17-18-13(11-24-20(18)22)9-10-21(16,17)3/h5,7,9,12,17-18,20,22H,6,8,10-11H2,1-4H3/t17-,18-,20?,21+/m0/s1. The zero-order valence-corrected chi connectivity index (χ0v) is 15.1. The summed E-state index contributed by atoms with van der Waals surface area (Å²) in [5.41, 5.74) is 5.45. The Morgan fingerprint density at radius 1 is 1.33 bits per heavy atom. The number of benzene rings is 1. The van der Waals surface area contributed by atoms with Crippen LogP contribution in [0.25, 0.3) is 0 Å². The van der Waals surface area contributed by atoms with E-state index in [4.69, 9.17) is 9.47 Å². The van der Waals surface area contributed by atoms with E-state index in [1.54, 1.807) is 7.11 Å². The number of ether oxygens (including phenoxy) is 2. The number of rotatable bonds is 2. The summed E-state index contributed by atoms with van der Waals surface area (Å²) in [5, 5.41) is 10.4. The summed E-state index contributed by atoms with van der Waals surface area (Å²) >= 11 is 0.